The van der Waals surface area contributed by atoms with E-state index in [1.165, 1.54) is 6.92 Å². The van der Waals surface area contributed by atoms with E-state index in [2.05, 4.69) is 10.6 Å². The predicted molar refractivity (Wildman–Crippen MR) is 61.8 cm³/mol. The number of carbonyl (C=O) groups is 2. The highest BCUT2D eigenvalue weighted by atomic mass is 16.3. The number of rotatable bonds is 7. The second kappa shape index (κ2) is 8.10. The number of amides is 2. The van der Waals surface area contributed by atoms with Crippen molar-refractivity contribution >= 4 is 11.8 Å². The van der Waals surface area contributed by atoms with Crippen LogP contribution >= 0.6 is 0 Å². The first-order valence-corrected chi connectivity index (χ1v) is 5.66. The molecule has 0 aromatic carbocycles. The molecule has 5 heteroatoms. The molecule has 0 rings (SSSR count). The summed E-state index contributed by atoms with van der Waals surface area (Å²) in [4.78, 5) is 22.2. The van der Waals surface area contributed by atoms with Gasteiger partial charge in [-0.1, -0.05) is 13.3 Å². The molecule has 2 atom stereocenters. The van der Waals surface area contributed by atoms with Crippen molar-refractivity contribution in [3.8, 4) is 0 Å². The van der Waals surface area contributed by atoms with Crippen molar-refractivity contribution in [3.63, 3.8) is 0 Å². The van der Waals surface area contributed by atoms with Gasteiger partial charge in [0.15, 0.2) is 0 Å². The van der Waals surface area contributed by atoms with Crippen molar-refractivity contribution in [2.24, 2.45) is 5.92 Å². The van der Waals surface area contributed by atoms with Gasteiger partial charge in [-0.2, -0.15) is 0 Å². The molecule has 0 heterocycles. The topological polar surface area (TPSA) is 78.4 Å². The normalized spacial score (nSPS) is 14.0. The summed E-state index contributed by atoms with van der Waals surface area (Å²) in [6.45, 7) is 5.72. The van der Waals surface area contributed by atoms with E-state index in [1.807, 2.05) is 6.92 Å². The van der Waals surface area contributed by atoms with Gasteiger partial charge in [-0.05, 0) is 19.3 Å². The van der Waals surface area contributed by atoms with E-state index >= 15 is 0 Å². The monoisotopic (exact) mass is 230 g/mol. The van der Waals surface area contributed by atoms with Crippen LogP contribution in [0.5, 0.6) is 0 Å². The average molecular weight is 230 g/mol. The minimum Gasteiger partial charge on any atom is -0.396 e. The van der Waals surface area contributed by atoms with Gasteiger partial charge in [0, 0.05) is 20.1 Å². The summed E-state index contributed by atoms with van der Waals surface area (Å²) in [5.41, 5.74) is 0. The van der Waals surface area contributed by atoms with Crippen LogP contribution in [0.3, 0.4) is 0 Å². The molecule has 16 heavy (non-hydrogen) atoms. The van der Waals surface area contributed by atoms with Gasteiger partial charge in [-0.3, -0.25) is 9.59 Å². The highest BCUT2D eigenvalue weighted by Gasteiger charge is 2.14. The van der Waals surface area contributed by atoms with Crippen molar-refractivity contribution in [2.45, 2.75) is 39.7 Å². The smallest absolute Gasteiger partial charge is 0.242 e. The second-order valence-corrected chi connectivity index (χ2v) is 3.95. The Morgan fingerprint density at radius 3 is 2.44 bits per heavy atom. The zero-order chi connectivity index (χ0) is 12.6. The maximum absolute atomic E-state index is 11.5. The van der Waals surface area contributed by atoms with Gasteiger partial charge in [-0.15, -0.1) is 0 Å². The Morgan fingerprint density at radius 1 is 1.38 bits per heavy atom. The quantitative estimate of drug-likeness (QED) is 0.577. The number of aliphatic hydroxyl groups excluding tert-OH is 1. The zero-order valence-corrected chi connectivity index (χ0v) is 10.2. The molecule has 2 amide bonds. The number of aliphatic hydroxyl groups is 1. The highest BCUT2D eigenvalue weighted by Crippen LogP contribution is 2.05. The fraction of sp³-hybridized carbons (Fsp3) is 0.818. The fourth-order valence-corrected chi connectivity index (χ4v) is 1.40. The van der Waals surface area contributed by atoms with Crippen LogP contribution < -0.4 is 10.6 Å². The molecule has 0 spiro atoms. The van der Waals surface area contributed by atoms with Crippen molar-refractivity contribution in [3.05, 3.63) is 0 Å². The lowest BCUT2D eigenvalue weighted by Crippen LogP contribution is -2.45. The SMILES string of the molecule is CCC(CCO)CNC(=O)C(C)NC(C)=O. The number of carbonyl (C=O) groups excluding carboxylic acids is 2. The molecule has 0 saturated carbocycles. The van der Waals surface area contributed by atoms with E-state index in [9.17, 15) is 9.59 Å². The van der Waals surface area contributed by atoms with Crippen molar-refractivity contribution in [1.82, 2.24) is 10.6 Å². The molecule has 0 aliphatic carbocycles. The Hall–Kier alpha value is -1.10. The highest BCUT2D eigenvalue weighted by molar-refractivity contribution is 5.86. The Labute approximate surface area is 96.6 Å². The van der Waals surface area contributed by atoms with E-state index in [1.54, 1.807) is 6.92 Å². The minimum atomic E-state index is -0.510. The lowest BCUT2D eigenvalue weighted by atomic mass is 10.0. The van der Waals surface area contributed by atoms with E-state index < -0.39 is 6.04 Å². The lowest BCUT2D eigenvalue weighted by Gasteiger charge is -2.17. The fourth-order valence-electron chi connectivity index (χ4n) is 1.40. The lowest BCUT2D eigenvalue weighted by molar-refractivity contribution is -0.127. The van der Waals surface area contributed by atoms with E-state index in [0.29, 0.717) is 18.9 Å². The third-order valence-electron chi connectivity index (χ3n) is 2.49. The van der Waals surface area contributed by atoms with E-state index in [4.69, 9.17) is 5.11 Å². The van der Waals surface area contributed by atoms with Crippen LogP contribution in [0.2, 0.25) is 0 Å². The standard InChI is InChI=1S/C11H22N2O3/c1-4-10(5-6-14)7-12-11(16)8(2)13-9(3)15/h8,10,14H,4-7H2,1-3H3,(H,12,16)(H,13,15). The molecule has 2 unspecified atom stereocenters. The summed E-state index contributed by atoms with van der Waals surface area (Å²) in [5, 5.41) is 14.1. The maximum atomic E-state index is 11.5. The summed E-state index contributed by atoms with van der Waals surface area (Å²) in [5.74, 6) is -0.116. The van der Waals surface area contributed by atoms with Crippen LogP contribution in [0, 0.1) is 5.92 Å². The Balaban J connectivity index is 3.90. The van der Waals surface area contributed by atoms with Gasteiger partial charge < -0.3 is 15.7 Å². The zero-order valence-electron chi connectivity index (χ0n) is 10.2. The molecule has 0 aromatic rings. The maximum Gasteiger partial charge on any atom is 0.242 e. The van der Waals surface area contributed by atoms with Crippen LogP contribution in [-0.2, 0) is 9.59 Å². The first-order chi connectivity index (χ1) is 7.51. The van der Waals surface area contributed by atoms with Crippen LogP contribution in [0.1, 0.15) is 33.6 Å². The molecule has 94 valence electrons. The molecule has 0 saturated heterocycles. The van der Waals surface area contributed by atoms with Crippen LogP contribution in [-0.4, -0.2) is 36.1 Å². The predicted octanol–water partition coefficient (Wildman–Crippen LogP) is 0.0358. The molecule has 3 N–H and O–H groups in total. The molecule has 5 nitrogen and oxygen atoms in total. The second-order valence-electron chi connectivity index (χ2n) is 3.95. The van der Waals surface area contributed by atoms with Crippen molar-refractivity contribution < 1.29 is 14.7 Å². The molecular weight excluding hydrogens is 208 g/mol. The largest absolute Gasteiger partial charge is 0.396 e. The molecule has 0 radical (unpaired) electrons. The van der Waals surface area contributed by atoms with Gasteiger partial charge in [0.25, 0.3) is 0 Å². The molecule has 0 aromatic heterocycles. The van der Waals surface area contributed by atoms with E-state index in [0.717, 1.165) is 6.42 Å². The van der Waals surface area contributed by atoms with Gasteiger partial charge in [0.2, 0.25) is 11.8 Å². The van der Waals surface area contributed by atoms with Crippen LogP contribution in [0.15, 0.2) is 0 Å². The summed E-state index contributed by atoms with van der Waals surface area (Å²) in [6.07, 6.45) is 1.60. The van der Waals surface area contributed by atoms with Crippen molar-refractivity contribution in [1.29, 1.82) is 0 Å². The molecule has 0 fully saturated rings. The molecule has 0 aliphatic heterocycles. The number of hydrogen-bond acceptors (Lipinski definition) is 3. The first kappa shape index (κ1) is 14.9. The van der Waals surface area contributed by atoms with E-state index in [-0.39, 0.29) is 18.4 Å². The third kappa shape index (κ3) is 6.40. The summed E-state index contributed by atoms with van der Waals surface area (Å²) in [7, 11) is 0. The van der Waals surface area contributed by atoms with Gasteiger partial charge in [0.1, 0.15) is 6.04 Å². The third-order valence-corrected chi connectivity index (χ3v) is 2.49. The Morgan fingerprint density at radius 2 is 2.00 bits per heavy atom. The van der Waals surface area contributed by atoms with Gasteiger partial charge in [-0.25, -0.2) is 0 Å². The van der Waals surface area contributed by atoms with Gasteiger partial charge in [0.05, 0.1) is 0 Å². The van der Waals surface area contributed by atoms with Gasteiger partial charge >= 0.3 is 0 Å². The van der Waals surface area contributed by atoms with Crippen LogP contribution in [0.4, 0.5) is 0 Å². The van der Waals surface area contributed by atoms with Crippen molar-refractivity contribution in [2.75, 3.05) is 13.2 Å². The van der Waals surface area contributed by atoms with Crippen LogP contribution in [0.25, 0.3) is 0 Å². The molecule has 0 bridgehead atoms. The molecule has 0 aliphatic rings. The molecular formula is C11H22N2O3. The Kier molecular flexibility index (Phi) is 7.54. The minimum absolute atomic E-state index is 0.135. The number of hydrogen-bond donors (Lipinski definition) is 3. The summed E-state index contributed by atoms with van der Waals surface area (Å²) in [6, 6.07) is -0.510. The average Bonchev–Trinajstić information content (AvgIpc) is 2.22. The Bertz CT molecular complexity index is 231. The summed E-state index contributed by atoms with van der Waals surface area (Å²) >= 11 is 0. The summed E-state index contributed by atoms with van der Waals surface area (Å²) < 4.78 is 0. The first-order valence-electron chi connectivity index (χ1n) is 5.66. The number of nitrogens with one attached hydrogen (secondary N) is 2.